The Hall–Kier alpha value is -3.84. The Morgan fingerprint density at radius 1 is 0.879 bits per heavy atom. The summed E-state index contributed by atoms with van der Waals surface area (Å²) in [6.07, 6.45) is -0.396. The van der Waals surface area contributed by atoms with Crippen LogP contribution in [-0.2, 0) is 10.4 Å². The average molecular weight is 447 g/mol. The highest BCUT2D eigenvalue weighted by Gasteiger charge is 2.50. The third-order valence-corrected chi connectivity index (χ3v) is 5.70. The number of amides is 1. The van der Waals surface area contributed by atoms with E-state index in [0.29, 0.717) is 34.1 Å². The molecule has 0 aliphatic carbocycles. The van der Waals surface area contributed by atoms with Crippen LogP contribution in [0.3, 0.4) is 0 Å². The van der Waals surface area contributed by atoms with Crippen molar-refractivity contribution < 1.29 is 28.9 Å². The van der Waals surface area contributed by atoms with Gasteiger partial charge in [0.2, 0.25) is 0 Å². The van der Waals surface area contributed by atoms with E-state index in [1.807, 2.05) is 12.1 Å². The molecular formula is C26H25NO6. The van der Waals surface area contributed by atoms with Crippen molar-refractivity contribution >= 4 is 17.4 Å². The highest BCUT2D eigenvalue weighted by Crippen LogP contribution is 2.43. The van der Waals surface area contributed by atoms with Gasteiger partial charge in [0.15, 0.2) is 22.9 Å². The van der Waals surface area contributed by atoms with Crippen LogP contribution in [-0.4, -0.2) is 44.2 Å². The van der Waals surface area contributed by atoms with Crippen LogP contribution in [0.4, 0.5) is 5.69 Å². The Morgan fingerprint density at radius 3 is 2.21 bits per heavy atom. The summed E-state index contributed by atoms with van der Waals surface area (Å²) in [5.74, 6) is 0.596. The number of aliphatic hydroxyl groups is 1. The molecule has 0 saturated heterocycles. The van der Waals surface area contributed by atoms with Gasteiger partial charge in [0.1, 0.15) is 12.4 Å². The predicted octanol–water partition coefficient (Wildman–Crippen LogP) is 3.59. The minimum Gasteiger partial charge on any atom is -0.496 e. The predicted molar refractivity (Wildman–Crippen MR) is 123 cm³/mol. The number of Topliss-reactive ketones (excluding diaryl/α,β-unsaturated/α-hetero) is 1. The van der Waals surface area contributed by atoms with Crippen molar-refractivity contribution in [3.63, 3.8) is 0 Å². The number of hydrogen-bond donors (Lipinski definition) is 1. The molecule has 1 N–H and O–H groups in total. The van der Waals surface area contributed by atoms with Crippen molar-refractivity contribution in [1.82, 2.24) is 0 Å². The van der Waals surface area contributed by atoms with Crippen LogP contribution in [0.2, 0.25) is 0 Å². The summed E-state index contributed by atoms with van der Waals surface area (Å²) in [6.45, 7) is 0.371. The molecule has 1 atom stereocenters. The highest BCUT2D eigenvalue weighted by molar-refractivity contribution is 6.11. The number of anilines is 1. The number of ketones is 1. The van der Waals surface area contributed by atoms with Gasteiger partial charge in [-0.05, 0) is 30.3 Å². The lowest BCUT2D eigenvalue weighted by molar-refractivity contribution is -0.135. The van der Waals surface area contributed by atoms with Crippen LogP contribution in [0, 0.1) is 0 Å². The summed E-state index contributed by atoms with van der Waals surface area (Å²) in [5, 5.41) is 11.5. The minimum absolute atomic E-state index is 0.178. The molecule has 1 heterocycles. The topological polar surface area (TPSA) is 85.3 Å². The van der Waals surface area contributed by atoms with Crippen LogP contribution in [0.5, 0.6) is 17.2 Å². The van der Waals surface area contributed by atoms with Gasteiger partial charge in [0, 0.05) is 5.56 Å². The van der Waals surface area contributed by atoms with E-state index in [0.717, 1.165) is 0 Å². The minimum atomic E-state index is -1.97. The zero-order valence-corrected chi connectivity index (χ0v) is 18.5. The summed E-state index contributed by atoms with van der Waals surface area (Å²) in [5.41, 5.74) is -0.701. The van der Waals surface area contributed by atoms with Gasteiger partial charge < -0.3 is 24.2 Å². The first-order chi connectivity index (χ1) is 16.0. The fraction of sp³-hybridized carbons (Fsp3) is 0.231. The monoisotopic (exact) mass is 447 g/mol. The fourth-order valence-corrected chi connectivity index (χ4v) is 4.09. The summed E-state index contributed by atoms with van der Waals surface area (Å²) in [6, 6.07) is 20.9. The van der Waals surface area contributed by atoms with Gasteiger partial charge in [0.05, 0.1) is 38.4 Å². The van der Waals surface area contributed by atoms with E-state index in [-0.39, 0.29) is 18.9 Å². The fourth-order valence-electron chi connectivity index (χ4n) is 4.09. The SMILES string of the molecule is COc1ccccc1OCCN1C(=O)C(O)(CC(=O)c2ccccc2OC)c2ccccc21. The molecule has 33 heavy (non-hydrogen) atoms. The molecule has 3 aromatic rings. The van der Waals surface area contributed by atoms with E-state index in [1.165, 1.54) is 12.0 Å². The number of methoxy groups -OCH3 is 2. The Kier molecular flexibility index (Phi) is 6.33. The molecule has 4 rings (SSSR count). The first-order valence-corrected chi connectivity index (χ1v) is 10.6. The molecule has 1 amide bonds. The maximum Gasteiger partial charge on any atom is 0.264 e. The molecular weight excluding hydrogens is 422 g/mol. The summed E-state index contributed by atoms with van der Waals surface area (Å²) in [4.78, 5) is 27.9. The van der Waals surface area contributed by atoms with Gasteiger partial charge in [-0.1, -0.05) is 42.5 Å². The van der Waals surface area contributed by atoms with E-state index in [2.05, 4.69) is 0 Å². The second-order valence-corrected chi connectivity index (χ2v) is 7.63. The number of benzene rings is 3. The van der Waals surface area contributed by atoms with Gasteiger partial charge in [-0.3, -0.25) is 9.59 Å². The van der Waals surface area contributed by atoms with Gasteiger partial charge in [-0.2, -0.15) is 0 Å². The quantitative estimate of drug-likeness (QED) is 0.505. The molecule has 1 aliphatic rings. The van der Waals surface area contributed by atoms with Crippen molar-refractivity contribution in [3.05, 3.63) is 83.9 Å². The molecule has 0 bridgehead atoms. The van der Waals surface area contributed by atoms with Crippen LogP contribution >= 0.6 is 0 Å². The zero-order valence-electron chi connectivity index (χ0n) is 18.5. The maximum atomic E-state index is 13.4. The Balaban J connectivity index is 1.55. The number of ether oxygens (including phenoxy) is 3. The second-order valence-electron chi connectivity index (χ2n) is 7.63. The molecule has 3 aromatic carbocycles. The van der Waals surface area contributed by atoms with E-state index in [1.54, 1.807) is 67.8 Å². The third-order valence-electron chi connectivity index (χ3n) is 5.70. The Bertz CT molecular complexity index is 1180. The lowest BCUT2D eigenvalue weighted by Gasteiger charge is -2.23. The number of fused-ring (bicyclic) bond motifs is 1. The highest BCUT2D eigenvalue weighted by atomic mass is 16.5. The average Bonchev–Trinajstić information content (AvgIpc) is 3.06. The molecule has 7 heteroatoms. The summed E-state index contributed by atoms with van der Waals surface area (Å²) >= 11 is 0. The Labute approximate surface area is 192 Å². The van der Waals surface area contributed by atoms with Crippen molar-refractivity contribution in [3.8, 4) is 17.2 Å². The van der Waals surface area contributed by atoms with Gasteiger partial charge >= 0.3 is 0 Å². The van der Waals surface area contributed by atoms with Crippen LogP contribution in [0.15, 0.2) is 72.8 Å². The number of carbonyl (C=O) groups excluding carboxylic acids is 2. The van der Waals surface area contributed by atoms with Crippen LogP contribution in [0.25, 0.3) is 0 Å². The summed E-state index contributed by atoms with van der Waals surface area (Å²) in [7, 11) is 3.03. The lowest BCUT2D eigenvalue weighted by Crippen LogP contribution is -2.43. The smallest absolute Gasteiger partial charge is 0.264 e. The molecule has 1 unspecified atom stereocenters. The first kappa shape index (κ1) is 22.4. The van der Waals surface area contributed by atoms with Gasteiger partial charge in [-0.25, -0.2) is 0 Å². The molecule has 0 radical (unpaired) electrons. The Morgan fingerprint density at radius 2 is 1.48 bits per heavy atom. The molecule has 0 saturated carbocycles. The van der Waals surface area contributed by atoms with E-state index >= 15 is 0 Å². The van der Waals surface area contributed by atoms with Gasteiger partial charge in [0.25, 0.3) is 5.91 Å². The number of carbonyl (C=O) groups is 2. The molecule has 0 fully saturated rings. The van der Waals surface area contributed by atoms with Crippen molar-refractivity contribution in [2.45, 2.75) is 12.0 Å². The number of hydrogen-bond acceptors (Lipinski definition) is 6. The first-order valence-electron chi connectivity index (χ1n) is 10.6. The van der Waals surface area contributed by atoms with Crippen LogP contribution in [0.1, 0.15) is 22.3 Å². The standard InChI is InChI=1S/C26H25NO6/c1-31-22-12-6-3-9-18(22)21(28)17-26(30)19-10-4-5-11-20(19)27(25(26)29)15-16-33-24-14-8-7-13-23(24)32-2/h3-14,30H,15-17H2,1-2H3. The maximum absolute atomic E-state index is 13.4. The second kappa shape index (κ2) is 9.34. The lowest BCUT2D eigenvalue weighted by atomic mass is 9.88. The van der Waals surface area contributed by atoms with E-state index in [9.17, 15) is 14.7 Å². The summed E-state index contributed by atoms with van der Waals surface area (Å²) < 4.78 is 16.4. The van der Waals surface area contributed by atoms with E-state index < -0.39 is 17.9 Å². The van der Waals surface area contributed by atoms with Crippen molar-refractivity contribution in [2.75, 3.05) is 32.3 Å². The van der Waals surface area contributed by atoms with Crippen molar-refractivity contribution in [2.24, 2.45) is 0 Å². The zero-order chi connectivity index (χ0) is 23.4. The molecule has 7 nitrogen and oxygen atoms in total. The normalized spacial score (nSPS) is 16.9. The third kappa shape index (κ3) is 4.15. The number of rotatable bonds is 9. The largest absolute Gasteiger partial charge is 0.496 e. The number of para-hydroxylation sites is 4. The van der Waals surface area contributed by atoms with E-state index in [4.69, 9.17) is 14.2 Å². The molecule has 170 valence electrons. The number of nitrogens with zero attached hydrogens (tertiary/aromatic N) is 1. The molecule has 1 aliphatic heterocycles. The van der Waals surface area contributed by atoms with Crippen LogP contribution < -0.4 is 19.1 Å². The van der Waals surface area contributed by atoms with Gasteiger partial charge in [-0.15, -0.1) is 0 Å². The molecule has 0 aromatic heterocycles. The van der Waals surface area contributed by atoms with Crippen molar-refractivity contribution in [1.29, 1.82) is 0 Å². The molecule has 0 spiro atoms.